The molecule has 0 fully saturated rings. The average molecular weight is 314 g/mol. The van der Waals surface area contributed by atoms with Crippen LogP contribution in [0.1, 0.15) is 30.9 Å². The van der Waals surface area contributed by atoms with Gasteiger partial charge >= 0.3 is 5.97 Å². The number of hydrogen-bond donors (Lipinski definition) is 2. The molecule has 6 nitrogen and oxygen atoms in total. The number of aryl methyl sites for hydroxylation is 2. The second-order valence-electron chi connectivity index (χ2n) is 4.79. The number of carbonyl (C=O) groups is 1. The molecule has 0 radical (unpaired) electrons. The molecule has 0 amide bonds. The zero-order chi connectivity index (χ0) is 16.0. The summed E-state index contributed by atoms with van der Waals surface area (Å²) in [5.41, 5.74) is 7.43. The molecule has 21 heavy (non-hydrogen) atoms. The van der Waals surface area contributed by atoms with Gasteiger partial charge in [-0.15, -0.1) is 0 Å². The molecule has 0 unspecified atom stereocenters. The molecule has 1 rings (SSSR count). The predicted octanol–water partition coefficient (Wildman–Crippen LogP) is 1.51. The second kappa shape index (κ2) is 7.42. The molecular weight excluding hydrogens is 292 g/mol. The standard InChI is InChI=1S/C14H22N2O4S/c1-4-20-13(17)6-5-7-16-21(18,19)14-10(2)8-12(15)9-11(14)3/h8-9,16H,4-7,15H2,1-3H3. The van der Waals surface area contributed by atoms with Crippen molar-refractivity contribution < 1.29 is 17.9 Å². The Labute approximate surface area is 125 Å². The Morgan fingerprint density at radius 3 is 2.38 bits per heavy atom. The van der Waals surface area contributed by atoms with Gasteiger partial charge in [-0.25, -0.2) is 13.1 Å². The molecule has 0 saturated heterocycles. The summed E-state index contributed by atoms with van der Waals surface area (Å²) in [5, 5.41) is 0. The lowest BCUT2D eigenvalue weighted by Crippen LogP contribution is -2.26. The lowest BCUT2D eigenvalue weighted by Gasteiger charge is -2.12. The molecule has 0 spiro atoms. The van der Waals surface area contributed by atoms with Gasteiger partial charge in [0.1, 0.15) is 0 Å². The number of carbonyl (C=O) groups excluding carboxylic acids is 1. The highest BCUT2D eigenvalue weighted by molar-refractivity contribution is 7.89. The Balaban J connectivity index is 2.69. The molecule has 0 atom stereocenters. The summed E-state index contributed by atoms with van der Waals surface area (Å²) in [5.74, 6) is -0.323. The largest absolute Gasteiger partial charge is 0.466 e. The molecule has 0 aliphatic rings. The normalized spacial score (nSPS) is 11.4. The SMILES string of the molecule is CCOC(=O)CCCNS(=O)(=O)c1c(C)cc(N)cc1C. The number of anilines is 1. The van der Waals surface area contributed by atoms with Crippen LogP contribution in [-0.2, 0) is 19.6 Å². The molecule has 0 heterocycles. The fourth-order valence-electron chi connectivity index (χ4n) is 2.15. The van der Waals surface area contributed by atoms with E-state index in [0.29, 0.717) is 29.8 Å². The number of sulfonamides is 1. The van der Waals surface area contributed by atoms with Gasteiger partial charge in [-0.3, -0.25) is 4.79 Å². The lowest BCUT2D eigenvalue weighted by atomic mass is 10.1. The van der Waals surface area contributed by atoms with E-state index in [1.165, 1.54) is 0 Å². The molecule has 0 aliphatic carbocycles. The van der Waals surface area contributed by atoms with Gasteiger partial charge in [0.25, 0.3) is 0 Å². The van der Waals surface area contributed by atoms with Crippen molar-refractivity contribution in [2.45, 2.75) is 38.5 Å². The minimum absolute atomic E-state index is 0.185. The lowest BCUT2D eigenvalue weighted by molar-refractivity contribution is -0.143. The highest BCUT2D eigenvalue weighted by Gasteiger charge is 2.19. The van der Waals surface area contributed by atoms with Gasteiger partial charge in [-0.2, -0.15) is 0 Å². The Morgan fingerprint density at radius 1 is 1.29 bits per heavy atom. The number of nitrogens with one attached hydrogen (secondary N) is 1. The summed E-state index contributed by atoms with van der Waals surface area (Å²) in [6.45, 7) is 5.65. The van der Waals surface area contributed by atoms with Crippen molar-refractivity contribution in [1.82, 2.24) is 4.72 Å². The molecule has 0 aromatic heterocycles. The Kier molecular flexibility index (Phi) is 6.17. The van der Waals surface area contributed by atoms with Crippen LogP contribution < -0.4 is 10.5 Å². The van der Waals surface area contributed by atoms with Crippen molar-refractivity contribution in [2.24, 2.45) is 0 Å². The van der Waals surface area contributed by atoms with Crippen molar-refractivity contribution in [2.75, 3.05) is 18.9 Å². The second-order valence-corrected chi connectivity index (χ2v) is 6.49. The molecule has 0 bridgehead atoms. The van der Waals surface area contributed by atoms with Gasteiger partial charge in [0, 0.05) is 18.7 Å². The molecule has 0 saturated carbocycles. The first-order valence-corrected chi connectivity index (χ1v) is 8.28. The van der Waals surface area contributed by atoms with E-state index in [9.17, 15) is 13.2 Å². The quantitative estimate of drug-likeness (QED) is 0.451. The van der Waals surface area contributed by atoms with Crippen LogP contribution in [0.15, 0.2) is 17.0 Å². The van der Waals surface area contributed by atoms with E-state index in [1.54, 1.807) is 32.9 Å². The third-order valence-corrected chi connectivity index (χ3v) is 4.67. The van der Waals surface area contributed by atoms with E-state index in [4.69, 9.17) is 10.5 Å². The van der Waals surface area contributed by atoms with Gasteiger partial charge in [0.05, 0.1) is 11.5 Å². The number of nitrogen functional groups attached to an aromatic ring is 1. The summed E-state index contributed by atoms with van der Waals surface area (Å²) in [6, 6.07) is 3.25. The summed E-state index contributed by atoms with van der Waals surface area (Å²) in [4.78, 5) is 11.4. The van der Waals surface area contributed by atoms with Crippen molar-refractivity contribution in [3.8, 4) is 0 Å². The average Bonchev–Trinajstić information content (AvgIpc) is 2.33. The molecule has 118 valence electrons. The van der Waals surface area contributed by atoms with Crippen LogP contribution >= 0.6 is 0 Å². The van der Waals surface area contributed by atoms with Gasteiger partial charge < -0.3 is 10.5 Å². The molecule has 3 N–H and O–H groups in total. The number of hydrogen-bond acceptors (Lipinski definition) is 5. The van der Waals surface area contributed by atoms with E-state index >= 15 is 0 Å². The molecule has 1 aromatic rings. The first-order valence-electron chi connectivity index (χ1n) is 6.80. The fraction of sp³-hybridized carbons (Fsp3) is 0.500. The first-order chi connectivity index (χ1) is 9.77. The van der Waals surface area contributed by atoms with Crippen molar-refractivity contribution >= 4 is 21.7 Å². The number of benzene rings is 1. The summed E-state index contributed by atoms with van der Waals surface area (Å²) < 4.78 is 31.9. The van der Waals surface area contributed by atoms with Crippen molar-refractivity contribution in [1.29, 1.82) is 0 Å². The van der Waals surface area contributed by atoms with Crippen LogP contribution in [0.2, 0.25) is 0 Å². The van der Waals surface area contributed by atoms with E-state index in [0.717, 1.165) is 0 Å². The van der Waals surface area contributed by atoms with E-state index < -0.39 is 10.0 Å². The topological polar surface area (TPSA) is 98.5 Å². The molecular formula is C14H22N2O4S. The third kappa shape index (κ3) is 5.02. The van der Waals surface area contributed by atoms with E-state index in [1.807, 2.05) is 0 Å². The predicted molar refractivity (Wildman–Crippen MR) is 81.4 cm³/mol. The minimum atomic E-state index is -3.61. The van der Waals surface area contributed by atoms with Crippen molar-refractivity contribution in [3.05, 3.63) is 23.3 Å². The van der Waals surface area contributed by atoms with Crippen molar-refractivity contribution in [3.63, 3.8) is 0 Å². The number of nitrogens with two attached hydrogens (primary N) is 1. The summed E-state index contributed by atoms with van der Waals surface area (Å²) in [6.07, 6.45) is 0.585. The Morgan fingerprint density at radius 2 is 1.86 bits per heavy atom. The maximum Gasteiger partial charge on any atom is 0.305 e. The smallest absolute Gasteiger partial charge is 0.305 e. The summed E-state index contributed by atoms with van der Waals surface area (Å²) in [7, 11) is -3.61. The Hall–Kier alpha value is -1.60. The Bertz CT molecular complexity index is 588. The highest BCUT2D eigenvalue weighted by atomic mass is 32.2. The third-order valence-electron chi connectivity index (χ3n) is 2.91. The van der Waals surface area contributed by atoms with E-state index in [-0.39, 0.29) is 23.8 Å². The fourth-order valence-corrected chi connectivity index (χ4v) is 3.68. The number of rotatable bonds is 7. The molecule has 0 aliphatic heterocycles. The van der Waals surface area contributed by atoms with E-state index in [2.05, 4.69) is 4.72 Å². The monoisotopic (exact) mass is 314 g/mol. The molecule has 1 aromatic carbocycles. The van der Waals surface area contributed by atoms with Crippen LogP contribution in [0.3, 0.4) is 0 Å². The number of esters is 1. The van der Waals surface area contributed by atoms with Crippen LogP contribution in [0.5, 0.6) is 0 Å². The number of ether oxygens (including phenoxy) is 1. The van der Waals surface area contributed by atoms with Gasteiger partial charge in [-0.05, 0) is 50.5 Å². The summed E-state index contributed by atoms with van der Waals surface area (Å²) >= 11 is 0. The first kappa shape index (κ1) is 17.5. The molecule has 7 heteroatoms. The maximum atomic E-state index is 12.3. The van der Waals surface area contributed by atoms with Gasteiger partial charge in [0.15, 0.2) is 0 Å². The minimum Gasteiger partial charge on any atom is -0.466 e. The maximum absolute atomic E-state index is 12.3. The van der Waals surface area contributed by atoms with Crippen LogP contribution in [0, 0.1) is 13.8 Å². The van der Waals surface area contributed by atoms with Crippen LogP contribution in [0.25, 0.3) is 0 Å². The zero-order valence-electron chi connectivity index (χ0n) is 12.6. The van der Waals surface area contributed by atoms with Gasteiger partial charge in [0.2, 0.25) is 10.0 Å². The van der Waals surface area contributed by atoms with Crippen LogP contribution in [0.4, 0.5) is 5.69 Å². The van der Waals surface area contributed by atoms with Crippen LogP contribution in [-0.4, -0.2) is 27.5 Å². The highest BCUT2D eigenvalue weighted by Crippen LogP contribution is 2.22. The zero-order valence-corrected chi connectivity index (χ0v) is 13.4. The van der Waals surface area contributed by atoms with Gasteiger partial charge in [-0.1, -0.05) is 0 Å².